The quantitative estimate of drug-likeness (QED) is 0.773. The van der Waals surface area contributed by atoms with E-state index in [1.165, 1.54) is 0 Å². The maximum atomic E-state index is 11.9. The normalized spacial score (nSPS) is 20.3. The standard InChI is InChI=1S/C14H29N3O2/c1-14(2,3)17-7-5-11(6-8-17)16-13(18)9-12(10-15)19-4/h11-12H,5-10,15H2,1-4H3,(H,16,18). The van der Waals surface area contributed by atoms with Crippen molar-refractivity contribution < 1.29 is 9.53 Å². The third-order valence-corrected chi connectivity index (χ3v) is 3.82. The van der Waals surface area contributed by atoms with Crippen molar-refractivity contribution in [3.05, 3.63) is 0 Å². The molecule has 112 valence electrons. The molecule has 19 heavy (non-hydrogen) atoms. The summed E-state index contributed by atoms with van der Waals surface area (Å²) in [6.45, 7) is 9.16. The third-order valence-electron chi connectivity index (χ3n) is 3.82. The average molecular weight is 271 g/mol. The van der Waals surface area contributed by atoms with Gasteiger partial charge < -0.3 is 15.8 Å². The van der Waals surface area contributed by atoms with Crippen LogP contribution in [0.5, 0.6) is 0 Å². The molecule has 1 atom stereocenters. The fourth-order valence-corrected chi connectivity index (χ4v) is 2.45. The molecule has 0 aliphatic carbocycles. The molecule has 0 saturated carbocycles. The molecule has 3 N–H and O–H groups in total. The van der Waals surface area contributed by atoms with Gasteiger partial charge >= 0.3 is 0 Å². The highest BCUT2D eigenvalue weighted by atomic mass is 16.5. The minimum atomic E-state index is -0.172. The molecule has 1 aliphatic rings. The van der Waals surface area contributed by atoms with Gasteiger partial charge in [-0.25, -0.2) is 0 Å². The first-order valence-corrected chi connectivity index (χ1v) is 7.14. The van der Waals surface area contributed by atoms with Crippen molar-refractivity contribution >= 4 is 5.91 Å². The Balaban J connectivity index is 2.31. The van der Waals surface area contributed by atoms with Crippen LogP contribution >= 0.6 is 0 Å². The molecular weight excluding hydrogens is 242 g/mol. The fourth-order valence-electron chi connectivity index (χ4n) is 2.45. The lowest BCUT2D eigenvalue weighted by Crippen LogP contribution is -2.51. The van der Waals surface area contributed by atoms with Crippen molar-refractivity contribution in [2.45, 2.75) is 57.7 Å². The van der Waals surface area contributed by atoms with Gasteiger partial charge in [-0.2, -0.15) is 0 Å². The van der Waals surface area contributed by atoms with Gasteiger partial charge in [0.1, 0.15) is 0 Å². The highest BCUT2D eigenvalue weighted by Crippen LogP contribution is 2.20. The Morgan fingerprint density at radius 2 is 2.00 bits per heavy atom. The number of amides is 1. The number of ether oxygens (including phenoxy) is 1. The van der Waals surface area contributed by atoms with Crippen molar-refractivity contribution in [3.63, 3.8) is 0 Å². The molecule has 1 aliphatic heterocycles. The lowest BCUT2D eigenvalue weighted by Gasteiger charge is -2.41. The molecule has 0 spiro atoms. The van der Waals surface area contributed by atoms with E-state index in [4.69, 9.17) is 10.5 Å². The summed E-state index contributed by atoms with van der Waals surface area (Å²) < 4.78 is 5.13. The Morgan fingerprint density at radius 3 is 2.42 bits per heavy atom. The monoisotopic (exact) mass is 271 g/mol. The van der Waals surface area contributed by atoms with Crippen LogP contribution in [0.3, 0.4) is 0 Å². The van der Waals surface area contributed by atoms with Crippen LogP contribution in [0.1, 0.15) is 40.0 Å². The van der Waals surface area contributed by atoms with E-state index < -0.39 is 0 Å². The summed E-state index contributed by atoms with van der Waals surface area (Å²) >= 11 is 0. The smallest absolute Gasteiger partial charge is 0.222 e. The zero-order valence-electron chi connectivity index (χ0n) is 12.7. The maximum absolute atomic E-state index is 11.9. The molecule has 1 heterocycles. The Kier molecular flexibility index (Phi) is 6.23. The Morgan fingerprint density at radius 1 is 1.42 bits per heavy atom. The van der Waals surface area contributed by atoms with Gasteiger partial charge in [-0.3, -0.25) is 9.69 Å². The summed E-state index contributed by atoms with van der Waals surface area (Å²) in [4.78, 5) is 14.3. The van der Waals surface area contributed by atoms with Crippen LogP contribution in [0.4, 0.5) is 0 Å². The van der Waals surface area contributed by atoms with Crippen LogP contribution in [0.15, 0.2) is 0 Å². The van der Waals surface area contributed by atoms with Gasteiger partial charge in [0, 0.05) is 38.3 Å². The molecule has 1 unspecified atom stereocenters. The van der Waals surface area contributed by atoms with E-state index in [1.54, 1.807) is 7.11 Å². The molecule has 0 aromatic heterocycles. The van der Waals surface area contributed by atoms with Crippen LogP contribution in [0, 0.1) is 0 Å². The van der Waals surface area contributed by atoms with E-state index in [9.17, 15) is 4.79 Å². The van der Waals surface area contributed by atoms with Crippen LogP contribution in [0.25, 0.3) is 0 Å². The highest BCUT2D eigenvalue weighted by Gasteiger charge is 2.27. The van der Waals surface area contributed by atoms with Crippen molar-refractivity contribution in [1.82, 2.24) is 10.2 Å². The second kappa shape index (κ2) is 7.22. The van der Waals surface area contributed by atoms with E-state index in [0.29, 0.717) is 19.0 Å². The van der Waals surface area contributed by atoms with Crippen LogP contribution in [-0.2, 0) is 9.53 Å². The summed E-state index contributed by atoms with van der Waals surface area (Å²) in [5.41, 5.74) is 5.74. The van der Waals surface area contributed by atoms with E-state index in [2.05, 4.69) is 31.0 Å². The molecule has 0 aromatic rings. The van der Waals surface area contributed by atoms with Gasteiger partial charge in [0.2, 0.25) is 5.91 Å². The van der Waals surface area contributed by atoms with Crippen molar-refractivity contribution in [1.29, 1.82) is 0 Å². The first-order valence-electron chi connectivity index (χ1n) is 7.14. The van der Waals surface area contributed by atoms with Gasteiger partial charge in [-0.15, -0.1) is 0 Å². The van der Waals surface area contributed by atoms with Gasteiger partial charge in [0.25, 0.3) is 0 Å². The summed E-state index contributed by atoms with van der Waals surface area (Å²) in [5.74, 6) is 0.0477. The van der Waals surface area contributed by atoms with E-state index >= 15 is 0 Å². The first-order chi connectivity index (χ1) is 8.86. The topological polar surface area (TPSA) is 67.6 Å². The number of likely N-dealkylation sites (tertiary alicyclic amines) is 1. The summed E-state index contributed by atoms with van der Waals surface area (Å²) in [7, 11) is 1.59. The van der Waals surface area contributed by atoms with Crippen LogP contribution < -0.4 is 11.1 Å². The Labute approximate surface area is 116 Å². The molecule has 0 radical (unpaired) electrons. The molecule has 1 fully saturated rings. The largest absolute Gasteiger partial charge is 0.380 e. The molecule has 5 nitrogen and oxygen atoms in total. The lowest BCUT2D eigenvalue weighted by molar-refractivity contribution is -0.124. The summed E-state index contributed by atoms with van der Waals surface area (Å²) in [6.07, 6.45) is 2.22. The van der Waals surface area contributed by atoms with Crippen LogP contribution in [0.2, 0.25) is 0 Å². The summed E-state index contributed by atoms with van der Waals surface area (Å²) in [6, 6.07) is 0.293. The number of nitrogens with one attached hydrogen (secondary N) is 1. The van der Waals surface area contributed by atoms with Gasteiger partial charge in [0.05, 0.1) is 12.5 Å². The number of methoxy groups -OCH3 is 1. The van der Waals surface area contributed by atoms with Gasteiger partial charge in [-0.1, -0.05) is 0 Å². The zero-order valence-corrected chi connectivity index (χ0v) is 12.7. The minimum absolute atomic E-state index is 0.0477. The second-order valence-corrected chi connectivity index (χ2v) is 6.30. The van der Waals surface area contributed by atoms with E-state index in [1.807, 2.05) is 0 Å². The van der Waals surface area contributed by atoms with E-state index in [-0.39, 0.29) is 17.6 Å². The van der Waals surface area contributed by atoms with Crippen molar-refractivity contribution in [3.8, 4) is 0 Å². The minimum Gasteiger partial charge on any atom is -0.380 e. The molecule has 1 amide bonds. The first kappa shape index (κ1) is 16.4. The number of rotatable bonds is 5. The molecular formula is C14H29N3O2. The van der Waals surface area contributed by atoms with Gasteiger partial charge in [-0.05, 0) is 33.6 Å². The number of carbonyl (C=O) groups excluding carboxylic acids is 1. The number of hydrogen-bond acceptors (Lipinski definition) is 4. The SMILES string of the molecule is COC(CN)CC(=O)NC1CCN(C(C)(C)C)CC1. The average Bonchev–Trinajstić information content (AvgIpc) is 2.35. The predicted octanol–water partition coefficient (Wildman–Crippen LogP) is 0.729. The molecule has 5 heteroatoms. The Bertz CT molecular complexity index is 277. The lowest BCUT2D eigenvalue weighted by atomic mass is 9.98. The highest BCUT2D eigenvalue weighted by molar-refractivity contribution is 5.76. The van der Waals surface area contributed by atoms with Gasteiger partial charge in [0.15, 0.2) is 0 Å². The van der Waals surface area contributed by atoms with Crippen molar-refractivity contribution in [2.24, 2.45) is 5.73 Å². The molecule has 0 aromatic carbocycles. The molecule has 0 bridgehead atoms. The number of carbonyl (C=O) groups is 1. The molecule has 1 saturated heterocycles. The molecule has 1 rings (SSSR count). The number of nitrogens with zero attached hydrogens (tertiary/aromatic N) is 1. The third kappa shape index (κ3) is 5.47. The fraction of sp³-hybridized carbons (Fsp3) is 0.929. The number of piperidine rings is 1. The predicted molar refractivity (Wildman–Crippen MR) is 77.0 cm³/mol. The number of hydrogen-bond donors (Lipinski definition) is 2. The zero-order chi connectivity index (χ0) is 14.5. The Hall–Kier alpha value is -0.650. The van der Waals surface area contributed by atoms with Crippen molar-refractivity contribution in [2.75, 3.05) is 26.7 Å². The van der Waals surface area contributed by atoms with Crippen LogP contribution in [-0.4, -0.2) is 55.2 Å². The maximum Gasteiger partial charge on any atom is 0.222 e. The summed E-state index contributed by atoms with van der Waals surface area (Å²) in [5, 5.41) is 3.09. The number of nitrogens with two attached hydrogens (primary N) is 1. The van der Waals surface area contributed by atoms with E-state index in [0.717, 1.165) is 25.9 Å². The second-order valence-electron chi connectivity index (χ2n) is 6.30.